The summed E-state index contributed by atoms with van der Waals surface area (Å²) in [4.78, 5) is 17.6. The maximum Gasteiger partial charge on any atom is 0.306 e. The van der Waals surface area contributed by atoms with Crippen LogP contribution in [0.4, 0.5) is 5.82 Å². The summed E-state index contributed by atoms with van der Waals surface area (Å²) in [6, 6.07) is 0. The summed E-state index contributed by atoms with van der Waals surface area (Å²) in [6.07, 6.45) is -0.959. The minimum atomic E-state index is -1.42. The first-order valence-corrected chi connectivity index (χ1v) is 4.16. The van der Waals surface area contributed by atoms with E-state index in [4.69, 9.17) is 10.8 Å². The van der Waals surface area contributed by atoms with E-state index in [1.54, 1.807) is 0 Å². The van der Waals surface area contributed by atoms with Crippen molar-refractivity contribution >= 4 is 11.8 Å². The molecule has 1 heterocycles. The van der Waals surface area contributed by atoms with Gasteiger partial charge in [-0.25, -0.2) is 4.98 Å². The van der Waals surface area contributed by atoms with Gasteiger partial charge < -0.3 is 21.1 Å². The van der Waals surface area contributed by atoms with Gasteiger partial charge in [-0.3, -0.25) is 9.78 Å². The van der Waals surface area contributed by atoms with Crippen molar-refractivity contribution in [3.05, 3.63) is 18.1 Å². The first-order chi connectivity index (χ1) is 7.00. The molecule has 0 amide bonds. The molecule has 7 heteroatoms. The molecule has 5 N–H and O–H groups in total. The van der Waals surface area contributed by atoms with Crippen molar-refractivity contribution in [2.45, 2.75) is 18.6 Å². The largest absolute Gasteiger partial charge is 0.481 e. The van der Waals surface area contributed by atoms with Crippen molar-refractivity contribution < 1.29 is 20.1 Å². The quantitative estimate of drug-likeness (QED) is 0.500. The Morgan fingerprint density at radius 3 is 2.53 bits per heavy atom. The van der Waals surface area contributed by atoms with E-state index in [2.05, 4.69) is 9.97 Å². The molecule has 1 aromatic rings. The number of aromatic nitrogens is 2. The summed E-state index contributed by atoms with van der Waals surface area (Å²) in [7, 11) is 0. The Labute approximate surface area is 85.2 Å². The van der Waals surface area contributed by atoms with Gasteiger partial charge in [-0.2, -0.15) is 0 Å². The maximum absolute atomic E-state index is 10.3. The van der Waals surface area contributed by atoms with Crippen LogP contribution in [0.2, 0.25) is 0 Å². The molecule has 82 valence electrons. The van der Waals surface area contributed by atoms with Crippen molar-refractivity contribution in [2.24, 2.45) is 0 Å². The Morgan fingerprint density at radius 1 is 1.40 bits per heavy atom. The third kappa shape index (κ3) is 3.15. The van der Waals surface area contributed by atoms with Crippen molar-refractivity contribution in [1.82, 2.24) is 9.97 Å². The average molecular weight is 213 g/mol. The lowest BCUT2D eigenvalue weighted by atomic mass is 10.1. The number of carboxylic acid groups (broad SMARTS) is 1. The lowest BCUT2D eigenvalue weighted by Crippen LogP contribution is -2.22. The second-order valence-corrected chi connectivity index (χ2v) is 2.98. The minimum Gasteiger partial charge on any atom is -0.481 e. The molecule has 7 nitrogen and oxygen atoms in total. The molecule has 0 aliphatic carbocycles. The van der Waals surface area contributed by atoms with E-state index in [0.29, 0.717) is 0 Å². The van der Waals surface area contributed by atoms with Gasteiger partial charge in [0, 0.05) is 0 Å². The zero-order valence-corrected chi connectivity index (χ0v) is 7.74. The SMILES string of the molecule is Nc1cnc(C(O)C(O)CC(=O)O)cn1. The van der Waals surface area contributed by atoms with E-state index in [9.17, 15) is 15.0 Å². The highest BCUT2D eigenvalue weighted by Crippen LogP contribution is 2.16. The second-order valence-electron chi connectivity index (χ2n) is 2.98. The third-order valence-electron chi connectivity index (χ3n) is 1.74. The molecule has 1 rings (SSSR count). The number of aliphatic hydroxyl groups is 2. The molecule has 0 fully saturated rings. The topological polar surface area (TPSA) is 130 Å². The zero-order valence-electron chi connectivity index (χ0n) is 7.74. The Kier molecular flexibility index (Phi) is 3.53. The molecule has 1 aromatic heterocycles. The molecule has 2 unspecified atom stereocenters. The van der Waals surface area contributed by atoms with Crippen LogP contribution in [-0.4, -0.2) is 37.4 Å². The van der Waals surface area contributed by atoms with Gasteiger partial charge in [-0.1, -0.05) is 0 Å². The maximum atomic E-state index is 10.3. The van der Waals surface area contributed by atoms with Crippen molar-refractivity contribution in [3.8, 4) is 0 Å². The number of aliphatic carboxylic acids is 1. The van der Waals surface area contributed by atoms with E-state index in [0.717, 1.165) is 0 Å². The molecule has 0 bridgehead atoms. The van der Waals surface area contributed by atoms with Crippen LogP contribution in [0.5, 0.6) is 0 Å². The van der Waals surface area contributed by atoms with E-state index in [1.165, 1.54) is 12.4 Å². The van der Waals surface area contributed by atoms with Gasteiger partial charge >= 0.3 is 5.97 Å². The van der Waals surface area contributed by atoms with Crippen molar-refractivity contribution in [1.29, 1.82) is 0 Å². The molecule has 2 atom stereocenters. The number of rotatable bonds is 4. The molecule has 15 heavy (non-hydrogen) atoms. The van der Waals surface area contributed by atoms with E-state index < -0.39 is 24.6 Å². The molecule has 0 spiro atoms. The number of aliphatic hydroxyl groups excluding tert-OH is 2. The van der Waals surface area contributed by atoms with Gasteiger partial charge in [0.1, 0.15) is 11.9 Å². The highest BCUT2D eigenvalue weighted by atomic mass is 16.4. The van der Waals surface area contributed by atoms with Crippen LogP contribution < -0.4 is 5.73 Å². The highest BCUT2D eigenvalue weighted by Gasteiger charge is 2.22. The molecule has 0 aliphatic heterocycles. The van der Waals surface area contributed by atoms with E-state index in [1.807, 2.05) is 0 Å². The lowest BCUT2D eigenvalue weighted by Gasteiger charge is -2.14. The van der Waals surface area contributed by atoms with Gasteiger partial charge in [0.15, 0.2) is 0 Å². The van der Waals surface area contributed by atoms with E-state index >= 15 is 0 Å². The van der Waals surface area contributed by atoms with Crippen LogP contribution in [0.15, 0.2) is 12.4 Å². The summed E-state index contributed by atoms with van der Waals surface area (Å²) in [5.41, 5.74) is 5.35. The van der Waals surface area contributed by atoms with Crippen LogP contribution in [0, 0.1) is 0 Å². The predicted octanol–water partition coefficient (Wildman–Crippen LogP) is -1.07. The molecular formula is C8H11N3O4. The zero-order chi connectivity index (χ0) is 11.4. The van der Waals surface area contributed by atoms with Crippen LogP contribution in [0.25, 0.3) is 0 Å². The molecule has 0 aromatic carbocycles. The normalized spacial score (nSPS) is 14.5. The number of carboxylic acids is 1. The Hall–Kier alpha value is -1.73. The lowest BCUT2D eigenvalue weighted by molar-refractivity contribution is -0.141. The van der Waals surface area contributed by atoms with Crippen LogP contribution in [0.1, 0.15) is 18.2 Å². The molecule has 0 saturated carbocycles. The number of nitrogens with two attached hydrogens (primary N) is 1. The summed E-state index contributed by atoms with van der Waals surface area (Å²) >= 11 is 0. The first kappa shape index (κ1) is 11.3. The molecule has 0 saturated heterocycles. The average Bonchev–Trinajstić information content (AvgIpc) is 2.17. The predicted molar refractivity (Wildman–Crippen MR) is 49.7 cm³/mol. The van der Waals surface area contributed by atoms with Gasteiger partial charge in [0.25, 0.3) is 0 Å². The Bertz CT molecular complexity index is 340. The summed E-state index contributed by atoms with van der Waals surface area (Å²) in [5, 5.41) is 27.1. The monoisotopic (exact) mass is 213 g/mol. The van der Waals surface area contributed by atoms with Gasteiger partial charge in [-0.15, -0.1) is 0 Å². The van der Waals surface area contributed by atoms with Crippen LogP contribution in [-0.2, 0) is 4.79 Å². The fourth-order valence-electron chi connectivity index (χ4n) is 0.988. The molecule has 0 radical (unpaired) electrons. The van der Waals surface area contributed by atoms with Crippen LogP contribution >= 0.6 is 0 Å². The minimum absolute atomic E-state index is 0.0814. The van der Waals surface area contributed by atoms with Crippen molar-refractivity contribution in [2.75, 3.05) is 5.73 Å². The summed E-state index contributed by atoms with van der Waals surface area (Å²) < 4.78 is 0. The number of hydrogen-bond acceptors (Lipinski definition) is 6. The Balaban J connectivity index is 2.71. The third-order valence-corrected chi connectivity index (χ3v) is 1.74. The first-order valence-electron chi connectivity index (χ1n) is 4.16. The van der Waals surface area contributed by atoms with Gasteiger partial charge in [0.05, 0.1) is 30.6 Å². The number of nitrogen functional groups attached to an aromatic ring is 1. The molecular weight excluding hydrogens is 202 g/mol. The number of anilines is 1. The fourth-order valence-corrected chi connectivity index (χ4v) is 0.988. The highest BCUT2D eigenvalue weighted by molar-refractivity contribution is 5.67. The number of hydrogen-bond donors (Lipinski definition) is 4. The van der Waals surface area contributed by atoms with Crippen molar-refractivity contribution in [3.63, 3.8) is 0 Å². The second kappa shape index (κ2) is 4.67. The number of nitrogens with zero attached hydrogens (tertiary/aromatic N) is 2. The number of carbonyl (C=O) groups is 1. The smallest absolute Gasteiger partial charge is 0.306 e. The summed E-state index contributed by atoms with van der Waals surface area (Å²) in [6.45, 7) is 0. The Morgan fingerprint density at radius 2 is 2.07 bits per heavy atom. The molecule has 0 aliphatic rings. The van der Waals surface area contributed by atoms with Gasteiger partial charge in [-0.05, 0) is 0 Å². The van der Waals surface area contributed by atoms with Gasteiger partial charge in [0.2, 0.25) is 0 Å². The van der Waals surface area contributed by atoms with Crippen LogP contribution in [0.3, 0.4) is 0 Å². The van der Waals surface area contributed by atoms with E-state index in [-0.39, 0.29) is 11.5 Å². The summed E-state index contributed by atoms with van der Waals surface area (Å²) in [5.74, 6) is -1.02. The standard InChI is InChI=1S/C8H11N3O4/c9-6-3-10-4(2-11-6)8(15)5(12)1-7(13)14/h2-3,5,8,12,15H,1H2,(H2,9,11)(H,13,14). The fraction of sp³-hybridized carbons (Fsp3) is 0.375.